The van der Waals surface area contributed by atoms with E-state index >= 15 is 0 Å². The summed E-state index contributed by atoms with van der Waals surface area (Å²) in [6.07, 6.45) is 2.17. The average Bonchev–Trinajstić information content (AvgIpc) is 2.98. The van der Waals surface area contributed by atoms with Crippen molar-refractivity contribution in [2.75, 3.05) is 13.2 Å². The van der Waals surface area contributed by atoms with Crippen LogP contribution in [0.2, 0.25) is 10.0 Å². The van der Waals surface area contributed by atoms with Crippen LogP contribution >= 0.6 is 23.2 Å². The Morgan fingerprint density at radius 1 is 0.966 bits per heavy atom. The third kappa shape index (κ3) is 5.43. The number of nitrogens with one attached hydrogen (secondary N) is 2. The fourth-order valence-electron chi connectivity index (χ4n) is 2.82. The highest BCUT2D eigenvalue weighted by molar-refractivity contribution is 6.32. The van der Waals surface area contributed by atoms with Crippen molar-refractivity contribution in [3.8, 4) is 11.5 Å². The summed E-state index contributed by atoms with van der Waals surface area (Å²) >= 11 is 12.2. The minimum atomic E-state index is -0.560. The number of carbonyl (C=O) groups excluding carboxylic acids is 2. The number of hydrogen-bond acceptors (Lipinski definition) is 4. The zero-order valence-electron chi connectivity index (χ0n) is 16.0. The van der Waals surface area contributed by atoms with Crippen molar-refractivity contribution in [2.24, 2.45) is 0 Å². The lowest BCUT2D eigenvalue weighted by atomic mass is 10.1. The molecule has 0 aliphatic carbocycles. The van der Waals surface area contributed by atoms with Crippen LogP contribution in [0, 0.1) is 13.8 Å². The molecular weight excluding hydrogens is 415 g/mol. The van der Waals surface area contributed by atoms with Gasteiger partial charge in [-0.3, -0.25) is 10.1 Å². The highest BCUT2D eigenvalue weighted by Gasteiger charge is 2.23. The maximum absolute atomic E-state index is 11.7. The molecule has 1 aliphatic rings. The van der Waals surface area contributed by atoms with Crippen LogP contribution in [0.3, 0.4) is 0 Å². The molecule has 0 saturated carbocycles. The summed E-state index contributed by atoms with van der Waals surface area (Å²) in [6.45, 7) is 4.76. The van der Waals surface area contributed by atoms with Gasteiger partial charge >= 0.3 is 6.03 Å². The largest absolute Gasteiger partial charge is 0.493 e. The number of imide groups is 1. The highest BCUT2D eigenvalue weighted by Crippen LogP contribution is 2.27. The minimum Gasteiger partial charge on any atom is -0.493 e. The van der Waals surface area contributed by atoms with Crippen LogP contribution in [0.25, 0.3) is 6.08 Å². The van der Waals surface area contributed by atoms with E-state index in [9.17, 15) is 9.59 Å². The summed E-state index contributed by atoms with van der Waals surface area (Å²) in [5.41, 5.74) is 2.67. The number of halogens is 2. The van der Waals surface area contributed by atoms with Crippen molar-refractivity contribution in [2.45, 2.75) is 20.3 Å². The molecule has 3 rings (SSSR count). The first-order chi connectivity index (χ1) is 13.8. The molecule has 152 valence electrons. The molecule has 2 N–H and O–H groups in total. The second-order valence-electron chi connectivity index (χ2n) is 6.57. The quantitative estimate of drug-likeness (QED) is 0.378. The van der Waals surface area contributed by atoms with E-state index in [0.29, 0.717) is 36.0 Å². The van der Waals surface area contributed by atoms with E-state index in [1.807, 2.05) is 26.0 Å². The van der Waals surface area contributed by atoms with Crippen molar-refractivity contribution in [1.29, 1.82) is 0 Å². The second kappa shape index (κ2) is 9.20. The third-order valence-electron chi connectivity index (χ3n) is 4.22. The van der Waals surface area contributed by atoms with Gasteiger partial charge in [-0.15, -0.1) is 0 Å². The zero-order chi connectivity index (χ0) is 21.0. The van der Waals surface area contributed by atoms with Crippen LogP contribution in [-0.2, 0) is 4.79 Å². The Morgan fingerprint density at radius 2 is 1.66 bits per heavy atom. The van der Waals surface area contributed by atoms with E-state index in [0.717, 1.165) is 21.9 Å². The summed E-state index contributed by atoms with van der Waals surface area (Å²) in [7, 11) is 0. The topological polar surface area (TPSA) is 76.7 Å². The average molecular weight is 435 g/mol. The summed E-state index contributed by atoms with van der Waals surface area (Å²) in [5, 5.41) is 5.83. The van der Waals surface area contributed by atoms with Gasteiger partial charge in [-0.05, 0) is 61.4 Å². The Morgan fingerprint density at radius 3 is 2.31 bits per heavy atom. The van der Waals surface area contributed by atoms with Crippen LogP contribution in [-0.4, -0.2) is 25.2 Å². The number of urea groups is 1. The van der Waals surface area contributed by atoms with E-state index in [-0.39, 0.29) is 5.70 Å². The monoisotopic (exact) mass is 434 g/mol. The molecule has 1 aliphatic heterocycles. The van der Waals surface area contributed by atoms with Crippen LogP contribution in [0.5, 0.6) is 11.5 Å². The number of rotatable bonds is 7. The molecule has 0 spiro atoms. The summed E-state index contributed by atoms with van der Waals surface area (Å²) < 4.78 is 11.6. The molecule has 1 fully saturated rings. The van der Waals surface area contributed by atoms with Gasteiger partial charge in [0.05, 0.1) is 13.2 Å². The van der Waals surface area contributed by atoms with E-state index in [2.05, 4.69) is 10.6 Å². The van der Waals surface area contributed by atoms with E-state index in [1.54, 1.807) is 18.2 Å². The van der Waals surface area contributed by atoms with E-state index in [4.69, 9.17) is 32.7 Å². The Kier molecular flexibility index (Phi) is 6.67. The molecule has 0 radical (unpaired) electrons. The first kappa shape index (κ1) is 21.0. The molecular formula is C21H20Cl2N2O4. The lowest BCUT2D eigenvalue weighted by Crippen LogP contribution is -2.22. The van der Waals surface area contributed by atoms with E-state index in [1.165, 1.54) is 6.08 Å². The molecule has 29 heavy (non-hydrogen) atoms. The second-order valence-corrected chi connectivity index (χ2v) is 7.38. The lowest BCUT2D eigenvalue weighted by molar-refractivity contribution is -0.115. The minimum absolute atomic E-state index is 0.138. The van der Waals surface area contributed by atoms with Gasteiger partial charge in [0.1, 0.15) is 17.2 Å². The lowest BCUT2D eigenvalue weighted by Gasteiger charge is -2.12. The molecule has 2 aromatic carbocycles. The van der Waals surface area contributed by atoms with Gasteiger partial charge in [-0.1, -0.05) is 23.2 Å². The smallest absolute Gasteiger partial charge is 0.326 e. The Bertz CT molecular complexity index is 966. The van der Waals surface area contributed by atoms with Crippen molar-refractivity contribution in [3.63, 3.8) is 0 Å². The highest BCUT2D eigenvalue weighted by atomic mass is 35.5. The molecule has 3 amide bonds. The summed E-state index contributed by atoms with van der Waals surface area (Å²) in [6, 6.07) is 8.33. The molecule has 0 aromatic heterocycles. The van der Waals surface area contributed by atoms with Crippen LogP contribution in [0.4, 0.5) is 4.79 Å². The van der Waals surface area contributed by atoms with Crippen LogP contribution in [0.15, 0.2) is 36.0 Å². The van der Waals surface area contributed by atoms with E-state index < -0.39 is 11.9 Å². The van der Waals surface area contributed by atoms with Gasteiger partial charge in [-0.25, -0.2) is 4.79 Å². The zero-order valence-corrected chi connectivity index (χ0v) is 17.5. The number of aryl methyl sites for hydroxylation is 2. The fraction of sp³-hybridized carbons (Fsp3) is 0.238. The first-order valence-corrected chi connectivity index (χ1v) is 9.75. The Balaban J connectivity index is 1.58. The molecule has 1 saturated heterocycles. The predicted molar refractivity (Wildman–Crippen MR) is 113 cm³/mol. The first-order valence-electron chi connectivity index (χ1n) is 8.99. The number of amides is 3. The van der Waals surface area contributed by atoms with Gasteiger partial charge in [0.2, 0.25) is 0 Å². The van der Waals surface area contributed by atoms with Crippen LogP contribution in [0.1, 0.15) is 23.1 Å². The summed E-state index contributed by atoms with van der Waals surface area (Å²) in [4.78, 5) is 23.0. The van der Waals surface area contributed by atoms with Gasteiger partial charge in [0.25, 0.3) is 5.91 Å². The molecule has 2 aromatic rings. The van der Waals surface area contributed by atoms with Crippen molar-refractivity contribution in [1.82, 2.24) is 10.6 Å². The maximum Gasteiger partial charge on any atom is 0.326 e. The molecule has 0 bridgehead atoms. The molecule has 0 unspecified atom stereocenters. The van der Waals surface area contributed by atoms with Crippen molar-refractivity contribution < 1.29 is 19.1 Å². The molecule has 8 heteroatoms. The van der Waals surface area contributed by atoms with Crippen molar-refractivity contribution >= 4 is 41.2 Å². The van der Waals surface area contributed by atoms with Gasteiger partial charge in [0.15, 0.2) is 0 Å². The van der Waals surface area contributed by atoms with Crippen LogP contribution < -0.4 is 20.1 Å². The third-order valence-corrected chi connectivity index (χ3v) is 5.05. The predicted octanol–water partition coefficient (Wildman–Crippen LogP) is 4.64. The Hall–Kier alpha value is -2.70. The molecule has 1 heterocycles. The van der Waals surface area contributed by atoms with Crippen molar-refractivity contribution in [3.05, 3.63) is 62.8 Å². The number of hydrogen-bond donors (Lipinski definition) is 2. The normalized spacial score (nSPS) is 14.7. The molecule has 0 atom stereocenters. The van der Waals surface area contributed by atoms with Gasteiger partial charge in [-0.2, -0.15) is 0 Å². The fourth-order valence-corrected chi connectivity index (χ4v) is 3.11. The SMILES string of the molecule is Cc1cc(OCCCOc2ccc(Cl)cc2/C=C2\NC(=O)NC2=O)cc(C)c1Cl. The Labute approximate surface area is 178 Å². The maximum atomic E-state index is 11.7. The number of ether oxygens (including phenoxy) is 2. The number of carbonyl (C=O) groups is 2. The summed E-state index contributed by atoms with van der Waals surface area (Å²) in [5.74, 6) is 0.821. The van der Waals surface area contributed by atoms with Gasteiger partial charge in [0, 0.05) is 22.0 Å². The van der Waals surface area contributed by atoms with Gasteiger partial charge < -0.3 is 14.8 Å². The standard InChI is InChI=1S/C21H20Cl2N2O4/c1-12-8-16(9-13(2)19(12)23)28-6-3-7-29-18-5-4-15(22)10-14(18)11-17-20(26)25-21(27)24-17/h4-5,8-11H,3,6-7H2,1-2H3,(H2,24,25,26,27)/b17-11-. The molecule has 6 nitrogen and oxygen atoms in total. The number of benzene rings is 2.